The van der Waals surface area contributed by atoms with Crippen LogP contribution in [0.4, 0.5) is 0 Å². The lowest BCUT2D eigenvalue weighted by Gasteiger charge is -1.92. The maximum atomic E-state index is 12.1. The zero-order valence-electron chi connectivity index (χ0n) is 12.1. The summed E-state index contributed by atoms with van der Waals surface area (Å²) in [6.07, 6.45) is 8.51. The first-order valence-corrected chi connectivity index (χ1v) is 7.84. The molecule has 3 aromatic rings. The normalized spacial score (nSPS) is 11.1. The van der Waals surface area contributed by atoms with E-state index >= 15 is 0 Å². The Hall–Kier alpha value is -2.53. The van der Waals surface area contributed by atoms with E-state index in [1.165, 1.54) is 0 Å². The van der Waals surface area contributed by atoms with E-state index in [-0.39, 0.29) is 5.78 Å². The van der Waals surface area contributed by atoms with Gasteiger partial charge in [0.05, 0.1) is 11.8 Å². The quantitative estimate of drug-likeness (QED) is 0.530. The SMILES string of the molecule is CCn1cc(C(=O)/C=C/c2cnc(-c3ccccc3)s2)cn1. The molecule has 0 radical (unpaired) electrons. The van der Waals surface area contributed by atoms with Gasteiger partial charge in [-0.05, 0) is 19.1 Å². The van der Waals surface area contributed by atoms with Gasteiger partial charge >= 0.3 is 0 Å². The topological polar surface area (TPSA) is 47.8 Å². The Morgan fingerprint density at radius 1 is 1.27 bits per heavy atom. The highest BCUT2D eigenvalue weighted by Gasteiger charge is 2.06. The van der Waals surface area contributed by atoms with Crippen LogP contribution < -0.4 is 0 Å². The molecule has 0 saturated heterocycles. The second-order valence-corrected chi connectivity index (χ2v) is 5.78. The number of hydrogen-bond donors (Lipinski definition) is 0. The van der Waals surface area contributed by atoms with Gasteiger partial charge in [0, 0.05) is 29.4 Å². The zero-order chi connectivity index (χ0) is 15.4. The largest absolute Gasteiger partial charge is 0.289 e. The van der Waals surface area contributed by atoms with Crippen molar-refractivity contribution in [1.29, 1.82) is 0 Å². The van der Waals surface area contributed by atoms with Crippen LogP contribution in [0.2, 0.25) is 0 Å². The molecule has 22 heavy (non-hydrogen) atoms. The molecular formula is C17H15N3OS. The van der Waals surface area contributed by atoms with Crippen molar-refractivity contribution in [2.24, 2.45) is 0 Å². The van der Waals surface area contributed by atoms with Crippen LogP contribution in [-0.2, 0) is 6.54 Å². The van der Waals surface area contributed by atoms with E-state index in [1.54, 1.807) is 46.8 Å². The van der Waals surface area contributed by atoms with Crippen LogP contribution in [0.15, 0.2) is 55.0 Å². The van der Waals surface area contributed by atoms with Gasteiger partial charge in [-0.3, -0.25) is 9.48 Å². The van der Waals surface area contributed by atoms with E-state index in [0.29, 0.717) is 5.56 Å². The Kier molecular flexibility index (Phi) is 4.25. The number of thiazole rings is 1. The third-order valence-electron chi connectivity index (χ3n) is 3.19. The van der Waals surface area contributed by atoms with Crippen molar-refractivity contribution in [1.82, 2.24) is 14.8 Å². The van der Waals surface area contributed by atoms with Gasteiger partial charge in [0.15, 0.2) is 5.78 Å². The molecule has 110 valence electrons. The summed E-state index contributed by atoms with van der Waals surface area (Å²) in [5, 5.41) is 5.06. The molecule has 0 aliphatic heterocycles. The number of ketones is 1. The third-order valence-corrected chi connectivity index (χ3v) is 4.20. The number of rotatable bonds is 5. The molecule has 2 aromatic heterocycles. The molecule has 0 aliphatic rings. The van der Waals surface area contributed by atoms with Crippen LogP contribution >= 0.6 is 11.3 Å². The molecule has 3 rings (SSSR count). The van der Waals surface area contributed by atoms with Crippen molar-refractivity contribution >= 4 is 23.2 Å². The van der Waals surface area contributed by atoms with Gasteiger partial charge in [-0.1, -0.05) is 30.3 Å². The van der Waals surface area contributed by atoms with E-state index in [4.69, 9.17) is 0 Å². The van der Waals surface area contributed by atoms with Gasteiger partial charge in [0.2, 0.25) is 0 Å². The lowest BCUT2D eigenvalue weighted by atomic mass is 10.2. The van der Waals surface area contributed by atoms with E-state index < -0.39 is 0 Å². The summed E-state index contributed by atoms with van der Waals surface area (Å²) in [5.41, 5.74) is 1.69. The molecule has 0 amide bonds. The fourth-order valence-corrected chi connectivity index (χ4v) is 2.82. The predicted molar refractivity (Wildman–Crippen MR) is 88.8 cm³/mol. The summed E-state index contributed by atoms with van der Waals surface area (Å²) in [7, 11) is 0. The number of hydrogen-bond acceptors (Lipinski definition) is 4. The molecule has 0 unspecified atom stereocenters. The van der Waals surface area contributed by atoms with E-state index in [0.717, 1.165) is 22.0 Å². The van der Waals surface area contributed by atoms with E-state index in [9.17, 15) is 4.79 Å². The summed E-state index contributed by atoms with van der Waals surface area (Å²) in [6, 6.07) is 10.0. The Morgan fingerprint density at radius 3 is 2.82 bits per heavy atom. The fraction of sp³-hybridized carbons (Fsp3) is 0.118. The third kappa shape index (κ3) is 3.20. The summed E-state index contributed by atoms with van der Waals surface area (Å²) in [5.74, 6) is -0.0469. The van der Waals surface area contributed by atoms with Crippen LogP contribution in [0.1, 0.15) is 22.2 Å². The van der Waals surface area contributed by atoms with E-state index in [2.05, 4.69) is 10.1 Å². The average Bonchev–Trinajstić information content (AvgIpc) is 3.22. The molecule has 5 heteroatoms. The Balaban J connectivity index is 1.73. The number of nitrogens with zero attached hydrogens (tertiary/aromatic N) is 3. The lowest BCUT2D eigenvalue weighted by Crippen LogP contribution is -1.94. The summed E-state index contributed by atoms with van der Waals surface area (Å²) in [4.78, 5) is 17.4. The van der Waals surface area contributed by atoms with Crippen LogP contribution in [0.5, 0.6) is 0 Å². The molecule has 0 fully saturated rings. The van der Waals surface area contributed by atoms with E-state index in [1.807, 2.05) is 37.3 Å². The van der Waals surface area contributed by atoms with Crippen LogP contribution in [0.3, 0.4) is 0 Å². The minimum absolute atomic E-state index is 0.0469. The van der Waals surface area contributed by atoms with Gasteiger partial charge in [-0.2, -0.15) is 5.10 Å². The minimum atomic E-state index is -0.0469. The average molecular weight is 309 g/mol. The van der Waals surface area contributed by atoms with Gasteiger partial charge in [-0.25, -0.2) is 4.98 Å². The molecule has 1 aromatic carbocycles. The Labute approximate surface area is 132 Å². The van der Waals surface area contributed by atoms with Gasteiger partial charge in [0.1, 0.15) is 5.01 Å². The molecule has 2 heterocycles. The number of allylic oxidation sites excluding steroid dienone is 1. The van der Waals surface area contributed by atoms with Crippen LogP contribution in [0, 0.1) is 0 Å². The molecule has 4 nitrogen and oxygen atoms in total. The second kappa shape index (κ2) is 6.49. The Morgan fingerprint density at radius 2 is 2.09 bits per heavy atom. The lowest BCUT2D eigenvalue weighted by molar-refractivity contribution is 0.104. The summed E-state index contributed by atoms with van der Waals surface area (Å²) >= 11 is 1.56. The minimum Gasteiger partial charge on any atom is -0.289 e. The molecule has 0 saturated carbocycles. The van der Waals surface area contributed by atoms with Gasteiger partial charge in [-0.15, -0.1) is 11.3 Å². The standard InChI is InChI=1S/C17H15N3OS/c1-2-20-12-14(10-19-20)16(21)9-8-15-11-18-17(22-15)13-6-4-3-5-7-13/h3-12H,2H2,1H3/b9-8+. The predicted octanol–water partition coefficient (Wildman–Crippen LogP) is 3.92. The molecule has 0 spiro atoms. The van der Waals surface area contributed by atoms with Crippen LogP contribution in [-0.4, -0.2) is 20.5 Å². The van der Waals surface area contributed by atoms with Crippen molar-refractivity contribution in [3.05, 3.63) is 65.4 Å². The van der Waals surface area contributed by atoms with Gasteiger partial charge < -0.3 is 0 Å². The molecule has 0 aliphatic carbocycles. The maximum Gasteiger partial charge on any atom is 0.189 e. The molecular weight excluding hydrogens is 294 g/mol. The first kappa shape index (κ1) is 14.4. The zero-order valence-corrected chi connectivity index (χ0v) is 13.0. The number of carbonyl (C=O) groups is 1. The fourth-order valence-electron chi connectivity index (χ4n) is 2.00. The van der Waals surface area contributed by atoms with Crippen molar-refractivity contribution in [3.63, 3.8) is 0 Å². The number of aryl methyl sites for hydroxylation is 1. The highest BCUT2D eigenvalue weighted by Crippen LogP contribution is 2.25. The van der Waals surface area contributed by atoms with Crippen molar-refractivity contribution in [3.8, 4) is 10.6 Å². The molecule has 0 N–H and O–H groups in total. The van der Waals surface area contributed by atoms with Gasteiger partial charge in [0.25, 0.3) is 0 Å². The van der Waals surface area contributed by atoms with Crippen molar-refractivity contribution in [2.75, 3.05) is 0 Å². The number of benzene rings is 1. The van der Waals surface area contributed by atoms with Crippen molar-refractivity contribution < 1.29 is 4.79 Å². The second-order valence-electron chi connectivity index (χ2n) is 4.72. The highest BCUT2D eigenvalue weighted by molar-refractivity contribution is 7.15. The summed E-state index contributed by atoms with van der Waals surface area (Å²) < 4.78 is 1.74. The van der Waals surface area contributed by atoms with Crippen LogP contribution in [0.25, 0.3) is 16.6 Å². The first-order valence-electron chi connectivity index (χ1n) is 7.02. The first-order chi connectivity index (χ1) is 10.8. The monoisotopic (exact) mass is 309 g/mol. The molecule has 0 bridgehead atoms. The molecule has 0 atom stereocenters. The Bertz CT molecular complexity index is 802. The highest BCUT2D eigenvalue weighted by atomic mass is 32.1. The maximum absolute atomic E-state index is 12.1. The van der Waals surface area contributed by atoms with Crippen molar-refractivity contribution in [2.45, 2.75) is 13.5 Å². The number of aromatic nitrogens is 3. The number of carbonyl (C=O) groups excluding carboxylic acids is 1. The smallest absolute Gasteiger partial charge is 0.189 e. The summed E-state index contributed by atoms with van der Waals surface area (Å²) in [6.45, 7) is 2.74.